The first-order valence-corrected chi connectivity index (χ1v) is 6.58. The molecular formula is C13H23NO3. The maximum Gasteiger partial charge on any atom is 0.249 e. The van der Waals surface area contributed by atoms with Gasteiger partial charge >= 0.3 is 0 Å². The van der Waals surface area contributed by atoms with Gasteiger partial charge in [-0.1, -0.05) is 12.8 Å². The molecule has 0 heterocycles. The molecule has 98 valence electrons. The van der Waals surface area contributed by atoms with Gasteiger partial charge in [0.1, 0.15) is 0 Å². The van der Waals surface area contributed by atoms with Crippen LogP contribution in [0.2, 0.25) is 0 Å². The first kappa shape index (κ1) is 12.8. The lowest BCUT2D eigenvalue weighted by Crippen LogP contribution is -2.38. The molecule has 3 unspecified atom stereocenters. The summed E-state index contributed by atoms with van der Waals surface area (Å²) in [6.07, 6.45) is 6.60. The number of aliphatic hydroxyl groups is 1. The van der Waals surface area contributed by atoms with Crippen LogP contribution in [-0.4, -0.2) is 35.8 Å². The van der Waals surface area contributed by atoms with Crippen LogP contribution in [0.25, 0.3) is 0 Å². The Kier molecular flexibility index (Phi) is 3.73. The molecule has 0 aromatic rings. The molecule has 0 spiro atoms. The minimum atomic E-state index is -0.597. The fourth-order valence-electron chi connectivity index (χ4n) is 3.42. The van der Waals surface area contributed by atoms with E-state index in [0.29, 0.717) is 12.3 Å². The number of hydrogen-bond acceptors (Lipinski definition) is 3. The third kappa shape index (κ3) is 2.80. The van der Waals surface area contributed by atoms with Gasteiger partial charge in [-0.25, -0.2) is 5.06 Å². The summed E-state index contributed by atoms with van der Waals surface area (Å²) in [5.41, 5.74) is -0.597. The van der Waals surface area contributed by atoms with Crippen LogP contribution in [0.1, 0.15) is 44.9 Å². The van der Waals surface area contributed by atoms with Crippen LogP contribution >= 0.6 is 0 Å². The molecule has 0 aliphatic heterocycles. The molecule has 4 nitrogen and oxygen atoms in total. The van der Waals surface area contributed by atoms with Crippen LogP contribution in [0.4, 0.5) is 0 Å². The van der Waals surface area contributed by atoms with Gasteiger partial charge in [0.15, 0.2) is 0 Å². The third-order valence-electron chi connectivity index (χ3n) is 4.41. The first-order valence-electron chi connectivity index (χ1n) is 6.58. The Balaban J connectivity index is 2.05. The molecule has 1 amide bonds. The van der Waals surface area contributed by atoms with Gasteiger partial charge in [0.25, 0.3) is 0 Å². The van der Waals surface area contributed by atoms with Gasteiger partial charge in [0.2, 0.25) is 5.91 Å². The van der Waals surface area contributed by atoms with E-state index in [1.807, 2.05) is 0 Å². The quantitative estimate of drug-likeness (QED) is 0.749. The molecule has 4 heteroatoms. The molecular weight excluding hydrogens is 218 g/mol. The van der Waals surface area contributed by atoms with E-state index < -0.39 is 5.60 Å². The minimum Gasteiger partial charge on any atom is -0.390 e. The van der Waals surface area contributed by atoms with Crippen molar-refractivity contribution in [2.75, 3.05) is 14.2 Å². The lowest BCUT2D eigenvalue weighted by atomic mass is 9.81. The average molecular weight is 241 g/mol. The van der Waals surface area contributed by atoms with Crippen LogP contribution in [0.15, 0.2) is 0 Å². The van der Waals surface area contributed by atoms with Crippen LogP contribution < -0.4 is 0 Å². The van der Waals surface area contributed by atoms with Gasteiger partial charge in [-0.3, -0.25) is 9.63 Å². The van der Waals surface area contributed by atoms with Crippen molar-refractivity contribution in [1.29, 1.82) is 0 Å². The smallest absolute Gasteiger partial charge is 0.249 e. The number of nitrogens with zero attached hydrogens (tertiary/aromatic N) is 1. The molecule has 0 aromatic heterocycles. The molecule has 0 aromatic carbocycles. The van der Waals surface area contributed by atoms with Crippen molar-refractivity contribution in [2.45, 2.75) is 50.5 Å². The fraction of sp³-hybridized carbons (Fsp3) is 0.923. The predicted molar refractivity (Wildman–Crippen MR) is 64.0 cm³/mol. The second-order valence-electron chi connectivity index (χ2n) is 5.68. The van der Waals surface area contributed by atoms with Crippen LogP contribution in [-0.2, 0) is 9.63 Å². The summed E-state index contributed by atoms with van der Waals surface area (Å²) < 4.78 is 0. The van der Waals surface area contributed by atoms with E-state index in [2.05, 4.69) is 0 Å². The lowest BCUT2D eigenvalue weighted by Gasteiger charge is -2.31. The van der Waals surface area contributed by atoms with Gasteiger partial charge < -0.3 is 5.11 Å². The molecule has 2 aliphatic carbocycles. The normalized spacial score (nSPS) is 37.4. The van der Waals surface area contributed by atoms with Crippen LogP contribution in [0.5, 0.6) is 0 Å². The van der Waals surface area contributed by atoms with Crippen molar-refractivity contribution >= 4 is 5.91 Å². The van der Waals surface area contributed by atoms with E-state index in [1.165, 1.54) is 12.2 Å². The summed E-state index contributed by atoms with van der Waals surface area (Å²) in [6.45, 7) is 0. The fourth-order valence-corrected chi connectivity index (χ4v) is 3.42. The number of fused-ring (bicyclic) bond motifs is 2. The van der Waals surface area contributed by atoms with Gasteiger partial charge in [0.05, 0.1) is 12.7 Å². The summed E-state index contributed by atoms with van der Waals surface area (Å²) in [6, 6.07) is 0. The summed E-state index contributed by atoms with van der Waals surface area (Å²) in [5, 5.41) is 11.8. The van der Waals surface area contributed by atoms with Crippen molar-refractivity contribution in [1.82, 2.24) is 5.06 Å². The van der Waals surface area contributed by atoms with Gasteiger partial charge in [0, 0.05) is 13.0 Å². The molecule has 3 atom stereocenters. The van der Waals surface area contributed by atoms with Gasteiger partial charge in [-0.05, 0) is 38.0 Å². The molecule has 1 N–H and O–H groups in total. The summed E-state index contributed by atoms with van der Waals surface area (Å²) in [4.78, 5) is 17.1. The highest BCUT2D eigenvalue weighted by Gasteiger charge is 2.42. The Labute approximate surface area is 103 Å². The zero-order chi connectivity index (χ0) is 12.5. The minimum absolute atomic E-state index is 0.00581. The Hall–Kier alpha value is -0.610. The molecule has 2 rings (SSSR count). The Morgan fingerprint density at radius 2 is 2.12 bits per heavy atom. The van der Waals surface area contributed by atoms with Crippen LogP contribution in [0, 0.1) is 11.8 Å². The Morgan fingerprint density at radius 1 is 1.35 bits per heavy atom. The van der Waals surface area contributed by atoms with Crippen molar-refractivity contribution in [3.05, 3.63) is 0 Å². The van der Waals surface area contributed by atoms with Gasteiger partial charge in [-0.2, -0.15) is 0 Å². The second kappa shape index (κ2) is 4.94. The topological polar surface area (TPSA) is 49.8 Å². The van der Waals surface area contributed by atoms with E-state index in [0.717, 1.165) is 38.5 Å². The van der Waals surface area contributed by atoms with E-state index in [1.54, 1.807) is 7.05 Å². The molecule has 2 bridgehead atoms. The van der Waals surface area contributed by atoms with Crippen molar-refractivity contribution in [3.8, 4) is 0 Å². The summed E-state index contributed by atoms with van der Waals surface area (Å²) >= 11 is 0. The average Bonchev–Trinajstić information content (AvgIpc) is 2.68. The lowest BCUT2D eigenvalue weighted by molar-refractivity contribution is -0.176. The number of rotatable bonds is 2. The maximum absolute atomic E-state index is 12.1. The van der Waals surface area contributed by atoms with Crippen LogP contribution in [0.3, 0.4) is 0 Å². The van der Waals surface area contributed by atoms with E-state index in [9.17, 15) is 9.90 Å². The monoisotopic (exact) mass is 241 g/mol. The van der Waals surface area contributed by atoms with E-state index in [4.69, 9.17) is 4.84 Å². The number of carbonyl (C=O) groups excluding carboxylic acids is 1. The highest BCUT2D eigenvalue weighted by Crippen LogP contribution is 2.44. The Bertz CT molecular complexity index is 294. The summed E-state index contributed by atoms with van der Waals surface area (Å²) in [7, 11) is 3.14. The van der Waals surface area contributed by atoms with E-state index >= 15 is 0 Å². The highest BCUT2D eigenvalue weighted by molar-refractivity contribution is 5.77. The SMILES string of the molecule is CON(C)C(=O)C1CCCC2CCC(O)(C2)C1. The zero-order valence-electron chi connectivity index (χ0n) is 10.8. The van der Waals surface area contributed by atoms with Crippen molar-refractivity contribution in [2.24, 2.45) is 11.8 Å². The predicted octanol–water partition coefficient (Wildman–Crippen LogP) is 1.73. The number of carbonyl (C=O) groups is 1. The molecule has 17 heavy (non-hydrogen) atoms. The molecule has 2 fully saturated rings. The van der Waals surface area contributed by atoms with E-state index in [-0.39, 0.29) is 11.8 Å². The zero-order valence-corrected chi connectivity index (χ0v) is 10.8. The summed E-state index contributed by atoms with van der Waals surface area (Å²) in [5.74, 6) is 0.603. The number of hydrogen-bond donors (Lipinski definition) is 1. The van der Waals surface area contributed by atoms with Crippen molar-refractivity contribution in [3.63, 3.8) is 0 Å². The third-order valence-corrected chi connectivity index (χ3v) is 4.41. The Morgan fingerprint density at radius 3 is 2.82 bits per heavy atom. The molecule has 0 radical (unpaired) electrons. The largest absolute Gasteiger partial charge is 0.390 e. The number of hydroxylamine groups is 2. The maximum atomic E-state index is 12.1. The van der Waals surface area contributed by atoms with Gasteiger partial charge in [-0.15, -0.1) is 0 Å². The first-order chi connectivity index (χ1) is 8.04. The highest BCUT2D eigenvalue weighted by atomic mass is 16.7. The standard InChI is InChI=1S/C13H23NO3/c1-14(17-2)12(15)11-5-3-4-10-6-7-13(16,8-10)9-11/h10-11,16H,3-9H2,1-2H3. The molecule has 0 saturated heterocycles. The number of amides is 1. The molecule has 2 aliphatic rings. The second-order valence-corrected chi connectivity index (χ2v) is 5.68. The molecule has 2 saturated carbocycles. The van der Waals surface area contributed by atoms with Crippen molar-refractivity contribution < 1.29 is 14.7 Å².